The predicted octanol–water partition coefficient (Wildman–Crippen LogP) is 2.01. The lowest BCUT2D eigenvalue weighted by Gasteiger charge is -2.34. The number of nitrogens with one attached hydrogen (secondary N) is 1. The maximum Gasteiger partial charge on any atom is 0.223 e. The lowest BCUT2D eigenvalue weighted by Crippen LogP contribution is -2.52. The van der Waals surface area contributed by atoms with E-state index in [0.29, 0.717) is 6.42 Å². The van der Waals surface area contributed by atoms with Gasteiger partial charge in [-0.2, -0.15) is 0 Å². The molecule has 0 saturated carbocycles. The van der Waals surface area contributed by atoms with E-state index in [1.807, 2.05) is 23.1 Å². The zero-order valence-electron chi connectivity index (χ0n) is 12.6. The number of carbonyl (C=O) groups excluding carboxylic acids is 1. The van der Waals surface area contributed by atoms with E-state index in [-0.39, 0.29) is 17.9 Å². The number of methoxy groups -OCH3 is 1. The summed E-state index contributed by atoms with van der Waals surface area (Å²) in [4.78, 5) is 14.4. The highest BCUT2D eigenvalue weighted by Crippen LogP contribution is 2.24. The largest absolute Gasteiger partial charge is 0.497 e. The highest BCUT2D eigenvalue weighted by Gasteiger charge is 2.24. The van der Waals surface area contributed by atoms with E-state index < -0.39 is 0 Å². The topological polar surface area (TPSA) is 41.6 Å². The van der Waals surface area contributed by atoms with Crippen LogP contribution in [0.1, 0.15) is 31.7 Å². The van der Waals surface area contributed by atoms with Gasteiger partial charge in [-0.15, -0.1) is 0 Å². The number of rotatable bonds is 4. The Hall–Kier alpha value is -1.55. The number of benzene rings is 1. The molecular formula is C16H24N2O2. The SMILES string of the molecule is COc1cccc([C@H](C)CC(=O)N2CCNC[C@H]2C)c1. The molecular weight excluding hydrogens is 252 g/mol. The summed E-state index contributed by atoms with van der Waals surface area (Å²) in [5, 5.41) is 3.31. The standard InChI is InChI=1S/C16H24N2O2/c1-12(14-5-4-6-15(10-14)20-3)9-16(19)18-8-7-17-11-13(18)2/h4-6,10,12-13,17H,7-9,11H2,1-3H3/t12-,13-/m1/s1. The van der Waals surface area contributed by atoms with E-state index in [1.165, 1.54) is 0 Å². The molecule has 1 saturated heterocycles. The van der Waals surface area contributed by atoms with Crippen LogP contribution >= 0.6 is 0 Å². The fourth-order valence-electron chi connectivity index (χ4n) is 2.66. The number of ether oxygens (including phenoxy) is 1. The minimum absolute atomic E-state index is 0.208. The van der Waals surface area contributed by atoms with Gasteiger partial charge in [-0.1, -0.05) is 19.1 Å². The van der Waals surface area contributed by atoms with Crippen molar-refractivity contribution in [1.82, 2.24) is 10.2 Å². The van der Waals surface area contributed by atoms with Gasteiger partial charge in [0.05, 0.1) is 7.11 Å². The van der Waals surface area contributed by atoms with Gasteiger partial charge in [-0.05, 0) is 30.5 Å². The van der Waals surface area contributed by atoms with Crippen LogP contribution in [0.5, 0.6) is 5.75 Å². The smallest absolute Gasteiger partial charge is 0.223 e. The second-order valence-electron chi connectivity index (χ2n) is 5.52. The highest BCUT2D eigenvalue weighted by atomic mass is 16.5. The number of hydrogen-bond acceptors (Lipinski definition) is 3. The zero-order chi connectivity index (χ0) is 14.5. The van der Waals surface area contributed by atoms with E-state index in [4.69, 9.17) is 4.74 Å². The molecule has 0 radical (unpaired) electrons. The van der Waals surface area contributed by atoms with Gasteiger partial charge in [-0.25, -0.2) is 0 Å². The van der Waals surface area contributed by atoms with Crippen molar-refractivity contribution in [3.8, 4) is 5.75 Å². The van der Waals surface area contributed by atoms with E-state index in [9.17, 15) is 4.79 Å². The first kappa shape index (κ1) is 14.9. The lowest BCUT2D eigenvalue weighted by atomic mass is 9.96. The summed E-state index contributed by atoms with van der Waals surface area (Å²) in [7, 11) is 1.66. The Kier molecular flexibility index (Phi) is 5.01. The normalized spacial score (nSPS) is 20.6. The molecule has 0 aliphatic carbocycles. The van der Waals surface area contributed by atoms with Crippen LogP contribution in [0.2, 0.25) is 0 Å². The van der Waals surface area contributed by atoms with Gasteiger partial charge in [-0.3, -0.25) is 4.79 Å². The molecule has 2 rings (SSSR count). The Bertz CT molecular complexity index is 462. The fourth-order valence-corrected chi connectivity index (χ4v) is 2.66. The second kappa shape index (κ2) is 6.75. The van der Waals surface area contributed by atoms with Gasteiger partial charge in [0.1, 0.15) is 5.75 Å². The highest BCUT2D eigenvalue weighted by molar-refractivity contribution is 5.77. The fraction of sp³-hybridized carbons (Fsp3) is 0.562. The summed E-state index contributed by atoms with van der Waals surface area (Å²) >= 11 is 0. The van der Waals surface area contributed by atoms with Crippen molar-refractivity contribution in [2.75, 3.05) is 26.7 Å². The van der Waals surface area contributed by atoms with Crippen LogP contribution < -0.4 is 10.1 Å². The summed E-state index contributed by atoms with van der Waals surface area (Å²) in [6, 6.07) is 8.26. The van der Waals surface area contributed by atoms with Crippen LogP contribution in [-0.4, -0.2) is 43.6 Å². The number of carbonyl (C=O) groups is 1. The van der Waals surface area contributed by atoms with Gasteiger partial charge >= 0.3 is 0 Å². The molecule has 4 nitrogen and oxygen atoms in total. The summed E-state index contributed by atoms with van der Waals surface area (Å²) in [5.41, 5.74) is 1.15. The molecule has 1 aromatic rings. The van der Waals surface area contributed by atoms with Crippen molar-refractivity contribution in [2.45, 2.75) is 32.2 Å². The Morgan fingerprint density at radius 3 is 3.05 bits per heavy atom. The Morgan fingerprint density at radius 1 is 1.55 bits per heavy atom. The molecule has 110 valence electrons. The van der Waals surface area contributed by atoms with E-state index in [1.54, 1.807) is 7.11 Å². The minimum Gasteiger partial charge on any atom is -0.497 e. The maximum absolute atomic E-state index is 12.4. The molecule has 0 unspecified atom stereocenters. The van der Waals surface area contributed by atoms with Gasteiger partial charge in [0.25, 0.3) is 0 Å². The molecule has 20 heavy (non-hydrogen) atoms. The summed E-state index contributed by atoms with van der Waals surface area (Å²) in [5.74, 6) is 1.30. The quantitative estimate of drug-likeness (QED) is 0.914. The first-order chi connectivity index (χ1) is 9.61. The molecule has 0 bridgehead atoms. The number of nitrogens with zero attached hydrogens (tertiary/aromatic N) is 1. The van der Waals surface area contributed by atoms with Crippen LogP contribution in [0.3, 0.4) is 0 Å². The molecule has 1 aliphatic rings. The number of amides is 1. The number of piperazine rings is 1. The molecule has 1 aromatic carbocycles. The second-order valence-corrected chi connectivity index (χ2v) is 5.52. The average Bonchev–Trinajstić information content (AvgIpc) is 2.47. The maximum atomic E-state index is 12.4. The first-order valence-electron chi connectivity index (χ1n) is 7.26. The Balaban J connectivity index is 1.99. The molecule has 2 atom stereocenters. The first-order valence-corrected chi connectivity index (χ1v) is 7.26. The van der Waals surface area contributed by atoms with Gasteiger partial charge in [0.15, 0.2) is 0 Å². The van der Waals surface area contributed by atoms with Crippen LogP contribution in [-0.2, 0) is 4.79 Å². The molecule has 1 N–H and O–H groups in total. The molecule has 1 aliphatic heterocycles. The van der Waals surface area contributed by atoms with Gasteiger partial charge in [0.2, 0.25) is 5.91 Å². The van der Waals surface area contributed by atoms with Crippen molar-refractivity contribution in [3.05, 3.63) is 29.8 Å². The van der Waals surface area contributed by atoms with E-state index >= 15 is 0 Å². The Labute approximate surface area is 121 Å². The Morgan fingerprint density at radius 2 is 2.35 bits per heavy atom. The average molecular weight is 276 g/mol. The van der Waals surface area contributed by atoms with Crippen LogP contribution in [0.4, 0.5) is 0 Å². The van der Waals surface area contributed by atoms with Crippen molar-refractivity contribution < 1.29 is 9.53 Å². The van der Waals surface area contributed by atoms with Crippen molar-refractivity contribution in [1.29, 1.82) is 0 Å². The molecule has 1 amide bonds. The summed E-state index contributed by atoms with van der Waals surface area (Å²) < 4.78 is 5.24. The van der Waals surface area contributed by atoms with Gasteiger partial charge in [0, 0.05) is 32.1 Å². The summed E-state index contributed by atoms with van der Waals surface area (Å²) in [6.45, 7) is 6.79. The van der Waals surface area contributed by atoms with Crippen molar-refractivity contribution in [2.24, 2.45) is 0 Å². The molecule has 0 aromatic heterocycles. The third kappa shape index (κ3) is 3.51. The summed E-state index contributed by atoms with van der Waals surface area (Å²) in [6.07, 6.45) is 0.553. The number of hydrogen-bond donors (Lipinski definition) is 1. The lowest BCUT2D eigenvalue weighted by molar-refractivity contribution is -0.134. The molecule has 4 heteroatoms. The van der Waals surface area contributed by atoms with Crippen LogP contribution in [0.15, 0.2) is 24.3 Å². The molecule has 1 heterocycles. The predicted molar refractivity (Wildman–Crippen MR) is 80.1 cm³/mol. The van der Waals surface area contributed by atoms with E-state index in [0.717, 1.165) is 30.9 Å². The molecule has 1 fully saturated rings. The third-order valence-corrected chi connectivity index (χ3v) is 3.97. The van der Waals surface area contributed by atoms with E-state index in [2.05, 4.69) is 25.2 Å². The van der Waals surface area contributed by atoms with Crippen LogP contribution in [0.25, 0.3) is 0 Å². The van der Waals surface area contributed by atoms with Crippen molar-refractivity contribution in [3.63, 3.8) is 0 Å². The zero-order valence-corrected chi connectivity index (χ0v) is 12.6. The van der Waals surface area contributed by atoms with Crippen LogP contribution in [0, 0.1) is 0 Å². The van der Waals surface area contributed by atoms with Crippen molar-refractivity contribution >= 4 is 5.91 Å². The monoisotopic (exact) mass is 276 g/mol. The molecule has 0 spiro atoms. The third-order valence-electron chi connectivity index (χ3n) is 3.97. The minimum atomic E-state index is 0.208. The van der Waals surface area contributed by atoms with Gasteiger partial charge < -0.3 is 15.0 Å².